The molecule has 118 valence electrons. The van der Waals surface area contributed by atoms with Crippen LogP contribution in [0, 0.1) is 0 Å². The van der Waals surface area contributed by atoms with Crippen LogP contribution in [0.5, 0.6) is 0 Å². The third kappa shape index (κ3) is 3.58. The molecule has 1 saturated heterocycles. The van der Waals surface area contributed by atoms with E-state index in [2.05, 4.69) is 33.1 Å². The van der Waals surface area contributed by atoms with Crippen LogP contribution in [0.1, 0.15) is 18.5 Å². The molecule has 0 bridgehead atoms. The summed E-state index contributed by atoms with van der Waals surface area (Å²) in [5, 5.41) is 8.88. The summed E-state index contributed by atoms with van der Waals surface area (Å²) in [7, 11) is 0. The normalized spacial score (nSPS) is 23.0. The number of hydrogen-bond acceptors (Lipinski definition) is 6. The predicted octanol–water partition coefficient (Wildman–Crippen LogP) is 2.82. The number of thiophene rings is 1. The molecule has 1 aliphatic heterocycles. The van der Waals surface area contributed by atoms with Crippen molar-refractivity contribution >= 4 is 22.7 Å². The molecule has 2 aliphatic rings. The second-order valence-corrected chi connectivity index (χ2v) is 7.78. The lowest BCUT2D eigenvalue weighted by Crippen LogP contribution is -2.47. The fourth-order valence-electron chi connectivity index (χ4n) is 2.90. The Kier molecular flexibility index (Phi) is 4.54. The first-order chi connectivity index (χ1) is 10.9. The molecule has 0 aromatic carbocycles. The van der Waals surface area contributed by atoms with E-state index in [1.54, 1.807) is 22.7 Å². The van der Waals surface area contributed by atoms with E-state index < -0.39 is 0 Å². The summed E-state index contributed by atoms with van der Waals surface area (Å²) >= 11 is 3.47. The number of ether oxygens (including phenoxy) is 1. The van der Waals surface area contributed by atoms with Crippen molar-refractivity contribution in [3.05, 3.63) is 28.6 Å². The van der Waals surface area contributed by atoms with Crippen molar-refractivity contribution < 1.29 is 4.74 Å². The van der Waals surface area contributed by atoms with Crippen LogP contribution in [0.3, 0.4) is 0 Å². The van der Waals surface area contributed by atoms with Gasteiger partial charge in [-0.15, -0.1) is 22.7 Å². The molecular formula is C16H21N3OS2. The van der Waals surface area contributed by atoms with Gasteiger partial charge >= 0.3 is 0 Å². The van der Waals surface area contributed by atoms with Crippen molar-refractivity contribution in [2.24, 2.45) is 0 Å². The van der Waals surface area contributed by atoms with Crippen molar-refractivity contribution in [3.8, 4) is 9.88 Å². The quantitative estimate of drug-likeness (QED) is 0.881. The van der Waals surface area contributed by atoms with Gasteiger partial charge < -0.3 is 10.1 Å². The van der Waals surface area contributed by atoms with Gasteiger partial charge in [0, 0.05) is 37.6 Å². The number of morpholine rings is 1. The number of thiazole rings is 1. The number of nitrogens with zero attached hydrogens (tertiary/aromatic N) is 2. The van der Waals surface area contributed by atoms with Gasteiger partial charge in [0.2, 0.25) is 0 Å². The van der Waals surface area contributed by atoms with Crippen LogP contribution in [0.25, 0.3) is 9.88 Å². The first kappa shape index (κ1) is 14.8. The van der Waals surface area contributed by atoms with E-state index in [4.69, 9.17) is 9.72 Å². The van der Waals surface area contributed by atoms with Gasteiger partial charge in [0.1, 0.15) is 5.01 Å². The maximum atomic E-state index is 5.87. The minimum Gasteiger partial charge on any atom is -0.374 e. The molecule has 0 unspecified atom stereocenters. The van der Waals surface area contributed by atoms with Gasteiger partial charge in [0.05, 0.1) is 23.3 Å². The summed E-state index contributed by atoms with van der Waals surface area (Å²) in [6, 6.07) is 5.05. The topological polar surface area (TPSA) is 37.4 Å². The molecule has 2 aromatic heterocycles. The lowest BCUT2D eigenvalue weighted by atomic mass is 10.2. The highest BCUT2D eigenvalue weighted by molar-refractivity contribution is 7.20. The highest BCUT2D eigenvalue weighted by Crippen LogP contribution is 2.28. The van der Waals surface area contributed by atoms with Crippen molar-refractivity contribution in [2.75, 3.05) is 26.2 Å². The Morgan fingerprint density at radius 3 is 3.14 bits per heavy atom. The van der Waals surface area contributed by atoms with E-state index >= 15 is 0 Å². The first-order valence-electron chi connectivity index (χ1n) is 7.93. The van der Waals surface area contributed by atoms with E-state index in [1.165, 1.54) is 17.7 Å². The second kappa shape index (κ2) is 6.76. The van der Waals surface area contributed by atoms with Crippen LogP contribution in [-0.4, -0.2) is 48.3 Å². The van der Waals surface area contributed by atoms with Gasteiger partial charge in [-0.3, -0.25) is 4.90 Å². The van der Waals surface area contributed by atoms with Gasteiger partial charge in [-0.05, 0) is 24.3 Å². The summed E-state index contributed by atoms with van der Waals surface area (Å²) in [4.78, 5) is 8.55. The summed E-state index contributed by atoms with van der Waals surface area (Å²) in [6.45, 7) is 4.80. The van der Waals surface area contributed by atoms with Gasteiger partial charge in [-0.1, -0.05) is 6.07 Å². The van der Waals surface area contributed by atoms with Gasteiger partial charge in [0.15, 0.2) is 0 Å². The Bertz CT molecular complexity index is 594. The molecule has 4 rings (SSSR count). The van der Waals surface area contributed by atoms with Crippen LogP contribution >= 0.6 is 22.7 Å². The van der Waals surface area contributed by atoms with Crippen molar-refractivity contribution in [1.82, 2.24) is 15.2 Å². The monoisotopic (exact) mass is 335 g/mol. The number of hydrogen-bond donors (Lipinski definition) is 1. The zero-order valence-corrected chi connectivity index (χ0v) is 14.2. The van der Waals surface area contributed by atoms with Gasteiger partial charge in [0.25, 0.3) is 0 Å². The Morgan fingerprint density at radius 2 is 2.32 bits per heavy atom. The zero-order valence-electron chi connectivity index (χ0n) is 12.5. The lowest BCUT2D eigenvalue weighted by molar-refractivity contribution is -0.0301. The Balaban J connectivity index is 1.24. The van der Waals surface area contributed by atoms with Crippen molar-refractivity contribution in [3.63, 3.8) is 0 Å². The zero-order chi connectivity index (χ0) is 14.8. The van der Waals surface area contributed by atoms with E-state index in [0.717, 1.165) is 49.5 Å². The molecule has 0 amide bonds. The van der Waals surface area contributed by atoms with E-state index in [0.29, 0.717) is 6.10 Å². The minimum atomic E-state index is 0.324. The highest BCUT2D eigenvalue weighted by atomic mass is 32.1. The van der Waals surface area contributed by atoms with E-state index in [9.17, 15) is 0 Å². The number of nitrogens with one attached hydrogen (secondary N) is 1. The van der Waals surface area contributed by atoms with E-state index in [1.807, 2.05) is 0 Å². The largest absolute Gasteiger partial charge is 0.374 e. The summed E-state index contributed by atoms with van der Waals surface area (Å²) in [5.41, 5.74) is 1.13. The molecule has 2 aromatic rings. The molecule has 2 fully saturated rings. The van der Waals surface area contributed by atoms with Crippen LogP contribution in [0.2, 0.25) is 0 Å². The van der Waals surface area contributed by atoms with Gasteiger partial charge in [-0.2, -0.15) is 0 Å². The van der Waals surface area contributed by atoms with E-state index in [-0.39, 0.29) is 0 Å². The molecule has 1 aliphatic carbocycles. The average Bonchev–Trinajstić information content (AvgIpc) is 3.06. The van der Waals surface area contributed by atoms with Crippen LogP contribution in [0.15, 0.2) is 22.9 Å². The molecule has 4 nitrogen and oxygen atoms in total. The van der Waals surface area contributed by atoms with Crippen LogP contribution < -0.4 is 5.32 Å². The maximum Gasteiger partial charge on any atom is 0.133 e. The predicted molar refractivity (Wildman–Crippen MR) is 91.5 cm³/mol. The Labute approximate surface area is 139 Å². The average molecular weight is 335 g/mol. The third-order valence-corrected chi connectivity index (χ3v) is 6.13. The molecule has 1 N–H and O–H groups in total. The Hall–Kier alpha value is -0.790. The molecule has 0 spiro atoms. The summed E-state index contributed by atoms with van der Waals surface area (Å²) < 4.78 is 5.87. The fourth-order valence-corrected chi connectivity index (χ4v) is 4.53. The summed E-state index contributed by atoms with van der Waals surface area (Å²) in [6.07, 6.45) is 3.08. The molecule has 22 heavy (non-hydrogen) atoms. The van der Waals surface area contributed by atoms with Crippen molar-refractivity contribution in [1.29, 1.82) is 0 Å². The molecule has 0 radical (unpaired) electrons. The SMILES string of the molecule is c1csc(-c2nc(CNC[C@H]3CN(C4CC4)CCO3)cs2)c1. The molecule has 1 atom stereocenters. The number of aromatic nitrogens is 1. The first-order valence-corrected chi connectivity index (χ1v) is 9.69. The fraction of sp³-hybridized carbons (Fsp3) is 0.562. The number of rotatable bonds is 6. The van der Waals surface area contributed by atoms with Gasteiger partial charge in [-0.25, -0.2) is 4.98 Å². The summed E-state index contributed by atoms with van der Waals surface area (Å²) in [5.74, 6) is 0. The van der Waals surface area contributed by atoms with Crippen LogP contribution in [0.4, 0.5) is 0 Å². The maximum absolute atomic E-state index is 5.87. The van der Waals surface area contributed by atoms with Crippen LogP contribution in [-0.2, 0) is 11.3 Å². The second-order valence-electron chi connectivity index (χ2n) is 5.97. The standard InChI is InChI=1S/C16H21N3OS2/c1-2-15(21-7-1)16-18-12(11-22-16)8-17-9-14-10-19(5-6-20-14)13-3-4-13/h1-2,7,11,13-14,17H,3-6,8-10H2/t14-/m0/s1. The molecule has 3 heterocycles. The Morgan fingerprint density at radius 1 is 1.36 bits per heavy atom. The third-order valence-electron chi connectivity index (χ3n) is 4.20. The molecular weight excluding hydrogens is 314 g/mol. The highest BCUT2D eigenvalue weighted by Gasteiger charge is 2.32. The smallest absolute Gasteiger partial charge is 0.133 e. The van der Waals surface area contributed by atoms with Crippen molar-refractivity contribution in [2.45, 2.75) is 31.5 Å². The molecule has 6 heteroatoms. The lowest BCUT2D eigenvalue weighted by Gasteiger charge is -2.33. The molecule has 1 saturated carbocycles. The minimum absolute atomic E-state index is 0.324.